The van der Waals surface area contributed by atoms with Gasteiger partial charge in [-0.1, -0.05) is 23.7 Å². The van der Waals surface area contributed by atoms with E-state index >= 15 is 0 Å². The lowest BCUT2D eigenvalue weighted by atomic mass is 10.1. The molecule has 0 aliphatic heterocycles. The van der Waals surface area contributed by atoms with Crippen LogP contribution in [0, 0.1) is 0 Å². The maximum Gasteiger partial charge on any atom is 0.244 e. The van der Waals surface area contributed by atoms with Crippen molar-refractivity contribution in [1.82, 2.24) is 5.43 Å². The fourth-order valence-electron chi connectivity index (χ4n) is 1.36. The molecule has 0 atom stereocenters. The zero-order valence-electron chi connectivity index (χ0n) is 9.47. The SMILES string of the molecule is O=C(Cc1ccc(Cl)cc1)N/N=C\c1ccco1. The highest BCUT2D eigenvalue weighted by atomic mass is 35.5. The molecule has 0 fully saturated rings. The number of hydrazone groups is 1. The number of nitrogens with zero attached hydrogens (tertiary/aromatic N) is 1. The van der Waals surface area contributed by atoms with E-state index < -0.39 is 0 Å². The summed E-state index contributed by atoms with van der Waals surface area (Å²) in [4.78, 5) is 11.5. The van der Waals surface area contributed by atoms with Crippen molar-refractivity contribution in [3.05, 3.63) is 59.0 Å². The molecule has 2 rings (SSSR count). The van der Waals surface area contributed by atoms with Gasteiger partial charge in [-0.3, -0.25) is 4.79 Å². The van der Waals surface area contributed by atoms with Crippen LogP contribution in [0.5, 0.6) is 0 Å². The van der Waals surface area contributed by atoms with Crippen molar-refractivity contribution in [3.8, 4) is 0 Å². The first kappa shape index (κ1) is 12.4. The fourth-order valence-corrected chi connectivity index (χ4v) is 1.49. The summed E-state index contributed by atoms with van der Waals surface area (Å²) in [5.74, 6) is 0.391. The van der Waals surface area contributed by atoms with Crippen LogP contribution in [0.3, 0.4) is 0 Å². The molecular weight excluding hydrogens is 252 g/mol. The van der Waals surface area contributed by atoms with Gasteiger partial charge in [-0.2, -0.15) is 5.10 Å². The van der Waals surface area contributed by atoms with E-state index in [1.807, 2.05) is 0 Å². The number of amides is 1. The largest absolute Gasteiger partial charge is 0.463 e. The quantitative estimate of drug-likeness (QED) is 0.680. The van der Waals surface area contributed by atoms with Crippen molar-refractivity contribution in [3.63, 3.8) is 0 Å². The van der Waals surface area contributed by atoms with Crippen LogP contribution in [-0.2, 0) is 11.2 Å². The highest BCUT2D eigenvalue weighted by Gasteiger charge is 2.01. The predicted octanol–water partition coefficient (Wildman–Crippen LogP) is 2.63. The van der Waals surface area contributed by atoms with Crippen LogP contribution in [0.2, 0.25) is 5.02 Å². The number of rotatable bonds is 4. The van der Waals surface area contributed by atoms with Crippen molar-refractivity contribution in [2.45, 2.75) is 6.42 Å². The van der Waals surface area contributed by atoms with E-state index in [4.69, 9.17) is 16.0 Å². The Hall–Kier alpha value is -2.07. The zero-order chi connectivity index (χ0) is 12.8. The topological polar surface area (TPSA) is 54.6 Å². The van der Waals surface area contributed by atoms with Gasteiger partial charge < -0.3 is 4.42 Å². The third kappa shape index (κ3) is 3.75. The van der Waals surface area contributed by atoms with Gasteiger partial charge in [-0.25, -0.2) is 5.43 Å². The number of hydrogen-bond donors (Lipinski definition) is 1. The number of benzene rings is 1. The first-order valence-corrected chi connectivity index (χ1v) is 5.72. The molecule has 0 spiro atoms. The normalized spacial score (nSPS) is 10.7. The monoisotopic (exact) mass is 262 g/mol. The minimum absolute atomic E-state index is 0.194. The maximum absolute atomic E-state index is 11.5. The van der Waals surface area contributed by atoms with Gasteiger partial charge >= 0.3 is 0 Å². The van der Waals surface area contributed by atoms with E-state index in [0.717, 1.165) is 5.56 Å². The first-order valence-electron chi connectivity index (χ1n) is 5.34. The summed E-state index contributed by atoms with van der Waals surface area (Å²) < 4.78 is 5.03. The lowest BCUT2D eigenvalue weighted by molar-refractivity contribution is -0.120. The molecule has 2 aromatic rings. The Labute approximate surface area is 109 Å². The predicted molar refractivity (Wildman–Crippen MR) is 69.6 cm³/mol. The minimum Gasteiger partial charge on any atom is -0.463 e. The summed E-state index contributed by atoms with van der Waals surface area (Å²) in [5, 5.41) is 4.43. The third-order valence-electron chi connectivity index (χ3n) is 2.20. The number of carbonyl (C=O) groups is 1. The molecular formula is C13H11ClN2O2. The molecule has 4 nitrogen and oxygen atoms in total. The Morgan fingerprint density at radius 3 is 2.78 bits per heavy atom. The van der Waals surface area contributed by atoms with E-state index in [9.17, 15) is 4.79 Å². The van der Waals surface area contributed by atoms with E-state index in [1.54, 1.807) is 36.4 Å². The highest BCUT2D eigenvalue weighted by Crippen LogP contribution is 2.09. The van der Waals surface area contributed by atoms with Crippen LogP contribution in [-0.4, -0.2) is 12.1 Å². The van der Waals surface area contributed by atoms with Crippen LogP contribution in [0.15, 0.2) is 52.2 Å². The number of carbonyl (C=O) groups excluding carboxylic acids is 1. The Morgan fingerprint density at radius 1 is 1.33 bits per heavy atom. The Kier molecular flexibility index (Phi) is 4.15. The van der Waals surface area contributed by atoms with Gasteiger partial charge in [0.15, 0.2) is 0 Å². The lowest BCUT2D eigenvalue weighted by Crippen LogP contribution is -2.19. The molecule has 18 heavy (non-hydrogen) atoms. The minimum atomic E-state index is -0.194. The molecule has 1 heterocycles. The number of halogens is 1. The van der Waals surface area contributed by atoms with Crippen LogP contribution in [0.4, 0.5) is 0 Å². The Bertz CT molecular complexity index is 533. The van der Waals surface area contributed by atoms with Crippen molar-refractivity contribution < 1.29 is 9.21 Å². The standard InChI is InChI=1S/C13H11ClN2O2/c14-11-5-3-10(4-6-11)8-13(17)16-15-9-12-2-1-7-18-12/h1-7,9H,8H2,(H,16,17)/b15-9-. The molecule has 0 aliphatic rings. The van der Waals surface area contributed by atoms with Crippen molar-refractivity contribution >= 4 is 23.7 Å². The second-order valence-electron chi connectivity index (χ2n) is 3.61. The maximum atomic E-state index is 11.5. The average molecular weight is 263 g/mol. The van der Waals surface area contributed by atoms with Gasteiger partial charge in [0.25, 0.3) is 0 Å². The van der Waals surface area contributed by atoms with Gasteiger partial charge in [-0.05, 0) is 29.8 Å². The van der Waals surface area contributed by atoms with Crippen LogP contribution in [0.25, 0.3) is 0 Å². The average Bonchev–Trinajstić information content (AvgIpc) is 2.85. The Morgan fingerprint density at radius 2 is 2.11 bits per heavy atom. The molecule has 0 saturated carbocycles. The van der Waals surface area contributed by atoms with Gasteiger partial charge in [0, 0.05) is 5.02 Å². The molecule has 0 radical (unpaired) electrons. The summed E-state index contributed by atoms with van der Waals surface area (Å²) in [6.07, 6.45) is 3.24. The molecule has 1 N–H and O–H groups in total. The molecule has 0 aliphatic carbocycles. The van der Waals surface area contributed by atoms with E-state index in [1.165, 1.54) is 12.5 Å². The molecule has 1 aromatic carbocycles. The van der Waals surface area contributed by atoms with Crippen molar-refractivity contribution in [1.29, 1.82) is 0 Å². The van der Waals surface area contributed by atoms with E-state index in [2.05, 4.69) is 10.5 Å². The summed E-state index contributed by atoms with van der Waals surface area (Å²) in [7, 11) is 0. The van der Waals surface area contributed by atoms with Crippen molar-refractivity contribution in [2.75, 3.05) is 0 Å². The second-order valence-corrected chi connectivity index (χ2v) is 4.05. The van der Waals surface area contributed by atoms with Crippen LogP contribution in [0.1, 0.15) is 11.3 Å². The molecule has 1 amide bonds. The third-order valence-corrected chi connectivity index (χ3v) is 2.45. The summed E-state index contributed by atoms with van der Waals surface area (Å²) >= 11 is 5.75. The second kappa shape index (κ2) is 6.02. The van der Waals surface area contributed by atoms with Gasteiger partial charge in [-0.15, -0.1) is 0 Å². The van der Waals surface area contributed by atoms with E-state index in [-0.39, 0.29) is 12.3 Å². The smallest absolute Gasteiger partial charge is 0.244 e. The van der Waals surface area contributed by atoms with E-state index in [0.29, 0.717) is 10.8 Å². The van der Waals surface area contributed by atoms with Crippen molar-refractivity contribution in [2.24, 2.45) is 5.10 Å². The summed E-state index contributed by atoms with van der Waals surface area (Å²) in [6.45, 7) is 0. The van der Waals surface area contributed by atoms with Crippen LogP contribution < -0.4 is 5.43 Å². The molecule has 92 valence electrons. The van der Waals surface area contributed by atoms with Gasteiger partial charge in [0.1, 0.15) is 5.76 Å². The first-order chi connectivity index (χ1) is 8.74. The molecule has 0 saturated heterocycles. The molecule has 0 unspecified atom stereocenters. The molecule has 1 aromatic heterocycles. The van der Waals surface area contributed by atoms with Gasteiger partial charge in [0.05, 0.1) is 18.9 Å². The number of hydrogen-bond acceptors (Lipinski definition) is 3. The summed E-state index contributed by atoms with van der Waals surface area (Å²) in [6, 6.07) is 10.6. The molecule has 5 heteroatoms. The zero-order valence-corrected chi connectivity index (χ0v) is 10.2. The van der Waals surface area contributed by atoms with Gasteiger partial charge in [0.2, 0.25) is 5.91 Å². The number of nitrogens with one attached hydrogen (secondary N) is 1. The summed E-state index contributed by atoms with van der Waals surface area (Å²) in [5.41, 5.74) is 3.30. The number of furan rings is 1. The Balaban J connectivity index is 1.84. The fraction of sp³-hybridized carbons (Fsp3) is 0.0769. The lowest BCUT2D eigenvalue weighted by Gasteiger charge is -2.00. The highest BCUT2D eigenvalue weighted by molar-refractivity contribution is 6.30. The van der Waals surface area contributed by atoms with Crippen LogP contribution >= 0.6 is 11.6 Å². The molecule has 0 bridgehead atoms.